The van der Waals surface area contributed by atoms with Crippen molar-refractivity contribution in [2.24, 2.45) is 0 Å². The first-order chi connectivity index (χ1) is 6.81. The van der Waals surface area contributed by atoms with E-state index in [-0.39, 0.29) is 0 Å². The molecule has 0 saturated carbocycles. The number of hydrogen-bond acceptors (Lipinski definition) is 3. The molecule has 0 N–H and O–H groups in total. The Hall–Kier alpha value is 0.240. The lowest BCUT2D eigenvalue weighted by Crippen LogP contribution is -2.00. The quantitative estimate of drug-likeness (QED) is 0.455. The maximum Gasteiger partial charge on any atom is 0.219 e. The Morgan fingerprint density at radius 2 is 1.71 bits per heavy atom. The molecule has 0 heterocycles. The van der Waals surface area contributed by atoms with E-state index in [1.807, 2.05) is 0 Å². The van der Waals surface area contributed by atoms with E-state index in [0.717, 1.165) is 23.2 Å². The lowest BCUT2D eigenvalue weighted by atomic mass is 10.3. The van der Waals surface area contributed by atoms with Crippen LogP contribution in [-0.4, -0.2) is 16.7 Å². The molecule has 0 aromatic rings. The summed E-state index contributed by atoms with van der Waals surface area (Å²) in [5.74, 6) is 1.11. The van der Waals surface area contributed by atoms with Gasteiger partial charge in [-0.1, -0.05) is 51.3 Å². The molecule has 0 bridgehead atoms. The van der Waals surface area contributed by atoms with E-state index in [9.17, 15) is 0 Å². The number of unbranched alkanes of at least 4 members (excludes halogenated alkanes) is 4. The van der Waals surface area contributed by atoms with E-state index >= 15 is 0 Å². The molecule has 0 unspecified atom stereocenters. The van der Waals surface area contributed by atoms with Crippen LogP contribution in [0.4, 0.5) is 0 Å². The largest absolute Gasteiger partial charge is 0.479 e. The second kappa shape index (κ2) is 11.3. The topological polar surface area (TPSA) is 9.23 Å². The van der Waals surface area contributed by atoms with E-state index in [1.54, 1.807) is 11.8 Å². The molecule has 0 aromatic carbocycles. The van der Waals surface area contributed by atoms with Crippen LogP contribution in [0.25, 0.3) is 0 Å². The minimum absolute atomic E-state index is 0.734. The SMILES string of the molecule is CCCCCOC(=S)SCCCCC. The molecular formula is C11H22OS2. The van der Waals surface area contributed by atoms with Gasteiger partial charge in [0.2, 0.25) is 4.38 Å². The summed E-state index contributed by atoms with van der Waals surface area (Å²) in [5, 5.41) is 0. The Balaban J connectivity index is 3.11. The van der Waals surface area contributed by atoms with Crippen molar-refractivity contribution >= 4 is 28.4 Å². The number of thioether (sulfide) groups is 1. The zero-order chi connectivity index (χ0) is 10.6. The monoisotopic (exact) mass is 234 g/mol. The maximum absolute atomic E-state index is 5.42. The minimum Gasteiger partial charge on any atom is -0.479 e. The van der Waals surface area contributed by atoms with E-state index in [2.05, 4.69) is 13.8 Å². The molecule has 0 aromatic heterocycles. The first kappa shape index (κ1) is 14.2. The molecule has 14 heavy (non-hydrogen) atoms. The van der Waals surface area contributed by atoms with Gasteiger partial charge in [0.1, 0.15) is 0 Å². The van der Waals surface area contributed by atoms with Crippen molar-refractivity contribution in [3.63, 3.8) is 0 Å². The normalized spacial score (nSPS) is 10.1. The molecule has 3 heteroatoms. The first-order valence-corrected chi connectivity index (χ1v) is 7.00. The standard InChI is InChI=1S/C11H22OS2/c1-3-5-7-9-12-11(13)14-10-8-6-4-2/h3-10H2,1-2H3. The van der Waals surface area contributed by atoms with Crippen LogP contribution in [0.2, 0.25) is 0 Å². The smallest absolute Gasteiger partial charge is 0.219 e. The molecule has 0 saturated heterocycles. The fraction of sp³-hybridized carbons (Fsp3) is 0.909. The van der Waals surface area contributed by atoms with Crippen molar-refractivity contribution in [1.29, 1.82) is 0 Å². The molecule has 0 rings (SSSR count). The van der Waals surface area contributed by atoms with Crippen LogP contribution in [0.15, 0.2) is 0 Å². The number of ether oxygens (including phenoxy) is 1. The van der Waals surface area contributed by atoms with Crippen LogP contribution in [0.5, 0.6) is 0 Å². The third kappa shape index (κ3) is 10.3. The van der Waals surface area contributed by atoms with Crippen molar-refractivity contribution in [2.45, 2.75) is 52.4 Å². The van der Waals surface area contributed by atoms with Gasteiger partial charge in [0.15, 0.2) is 0 Å². The summed E-state index contributed by atoms with van der Waals surface area (Å²) >= 11 is 6.78. The van der Waals surface area contributed by atoms with Gasteiger partial charge in [-0.15, -0.1) is 0 Å². The summed E-state index contributed by atoms with van der Waals surface area (Å²) in [6, 6.07) is 0. The van der Waals surface area contributed by atoms with Gasteiger partial charge in [0.05, 0.1) is 6.61 Å². The van der Waals surface area contributed by atoms with Gasteiger partial charge >= 0.3 is 0 Å². The molecule has 0 radical (unpaired) electrons. The summed E-state index contributed by atoms with van der Waals surface area (Å²) in [7, 11) is 0. The zero-order valence-corrected chi connectivity index (χ0v) is 11.0. The average Bonchev–Trinajstić information content (AvgIpc) is 2.19. The van der Waals surface area contributed by atoms with Gasteiger partial charge in [-0.05, 0) is 25.1 Å². The molecule has 84 valence electrons. The van der Waals surface area contributed by atoms with Gasteiger partial charge in [-0.25, -0.2) is 0 Å². The van der Waals surface area contributed by atoms with E-state index in [1.165, 1.54) is 32.1 Å². The summed E-state index contributed by atoms with van der Waals surface area (Å²) in [4.78, 5) is 0. The fourth-order valence-electron chi connectivity index (χ4n) is 1.06. The second-order valence-corrected chi connectivity index (χ2v) is 5.06. The lowest BCUT2D eigenvalue weighted by molar-refractivity contribution is 0.310. The van der Waals surface area contributed by atoms with Crippen molar-refractivity contribution in [3.05, 3.63) is 0 Å². The van der Waals surface area contributed by atoms with Crippen molar-refractivity contribution in [1.82, 2.24) is 0 Å². The van der Waals surface area contributed by atoms with Gasteiger partial charge < -0.3 is 4.74 Å². The highest BCUT2D eigenvalue weighted by atomic mass is 32.2. The summed E-state index contributed by atoms with van der Waals surface area (Å²) in [6.45, 7) is 5.20. The highest BCUT2D eigenvalue weighted by molar-refractivity contribution is 8.22. The molecule has 0 atom stereocenters. The summed E-state index contributed by atoms with van der Waals surface area (Å²) in [5.41, 5.74) is 0. The third-order valence-corrected chi connectivity index (χ3v) is 3.25. The van der Waals surface area contributed by atoms with Crippen LogP contribution < -0.4 is 0 Å². The van der Waals surface area contributed by atoms with Gasteiger partial charge in [0.25, 0.3) is 0 Å². The van der Waals surface area contributed by atoms with E-state index in [0.29, 0.717) is 0 Å². The average molecular weight is 234 g/mol. The van der Waals surface area contributed by atoms with Crippen LogP contribution in [0, 0.1) is 0 Å². The number of thiocarbonyl (C=S) groups is 1. The Bertz CT molecular complexity index is 123. The van der Waals surface area contributed by atoms with Gasteiger partial charge in [-0.2, -0.15) is 0 Å². The Morgan fingerprint density at radius 1 is 1.07 bits per heavy atom. The van der Waals surface area contributed by atoms with Crippen molar-refractivity contribution in [2.75, 3.05) is 12.4 Å². The molecular weight excluding hydrogens is 212 g/mol. The predicted octanol–water partition coefficient (Wildman–Crippen LogP) is 4.40. The summed E-state index contributed by atoms with van der Waals surface area (Å²) < 4.78 is 6.15. The highest BCUT2D eigenvalue weighted by Crippen LogP contribution is 2.10. The van der Waals surface area contributed by atoms with Crippen molar-refractivity contribution in [3.8, 4) is 0 Å². The lowest BCUT2D eigenvalue weighted by Gasteiger charge is -2.05. The molecule has 0 aliphatic heterocycles. The molecule has 0 aliphatic rings. The maximum atomic E-state index is 5.42. The molecule has 0 amide bonds. The number of hydrogen-bond donors (Lipinski definition) is 0. The van der Waals surface area contributed by atoms with E-state index < -0.39 is 0 Å². The molecule has 0 fully saturated rings. The van der Waals surface area contributed by atoms with Gasteiger partial charge in [0, 0.05) is 5.75 Å². The molecule has 0 aliphatic carbocycles. The third-order valence-electron chi connectivity index (χ3n) is 1.94. The second-order valence-electron chi connectivity index (χ2n) is 3.36. The van der Waals surface area contributed by atoms with Crippen LogP contribution in [0.3, 0.4) is 0 Å². The van der Waals surface area contributed by atoms with E-state index in [4.69, 9.17) is 17.0 Å². The van der Waals surface area contributed by atoms with Crippen LogP contribution >= 0.6 is 24.0 Å². The van der Waals surface area contributed by atoms with Crippen LogP contribution in [-0.2, 0) is 4.74 Å². The molecule has 1 nitrogen and oxygen atoms in total. The Kier molecular flexibility index (Phi) is 11.5. The molecule has 0 spiro atoms. The minimum atomic E-state index is 0.734. The highest BCUT2D eigenvalue weighted by Gasteiger charge is 1.97. The van der Waals surface area contributed by atoms with Gasteiger partial charge in [-0.3, -0.25) is 0 Å². The zero-order valence-electron chi connectivity index (χ0n) is 9.38. The Morgan fingerprint density at radius 3 is 2.36 bits per heavy atom. The predicted molar refractivity (Wildman–Crippen MR) is 70.1 cm³/mol. The van der Waals surface area contributed by atoms with Crippen LogP contribution in [0.1, 0.15) is 52.4 Å². The van der Waals surface area contributed by atoms with Crippen molar-refractivity contribution < 1.29 is 4.74 Å². The summed E-state index contributed by atoms with van der Waals surface area (Å²) in [6.07, 6.45) is 7.42. The fourth-order valence-corrected chi connectivity index (χ4v) is 2.07. The Labute approximate surface area is 98.0 Å². The number of rotatable bonds is 8. The first-order valence-electron chi connectivity index (χ1n) is 5.60.